The van der Waals surface area contributed by atoms with Crippen LogP contribution in [0.2, 0.25) is 0 Å². The van der Waals surface area contributed by atoms with Gasteiger partial charge in [0.1, 0.15) is 11.5 Å². The molecular formula is C25H32ClN3O4. The zero-order valence-corrected chi connectivity index (χ0v) is 20.7. The monoisotopic (exact) mass is 473 g/mol. The number of rotatable bonds is 8. The highest BCUT2D eigenvalue weighted by Crippen LogP contribution is 2.38. The molecule has 0 aliphatic heterocycles. The van der Waals surface area contributed by atoms with E-state index in [4.69, 9.17) is 14.0 Å². The molecule has 0 radical (unpaired) electrons. The molecule has 1 amide bonds. The molecule has 0 aliphatic carbocycles. The van der Waals surface area contributed by atoms with Crippen LogP contribution in [0, 0.1) is 19.8 Å². The summed E-state index contributed by atoms with van der Waals surface area (Å²) in [4.78, 5) is 12.7. The van der Waals surface area contributed by atoms with E-state index in [-0.39, 0.29) is 30.3 Å². The van der Waals surface area contributed by atoms with Crippen molar-refractivity contribution in [3.63, 3.8) is 0 Å². The highest BCUT2D eigenvalue weighted by atomic mass is 35.5. The smallest absolute Gasteiger partial charge is 0.282 e. The predicted molar refractivity (Wildman–Crippen MR) is 125 cm³/mol. The van der Waals surface area contributed by atoms with Crippen molar-refractivity contribution in [2.24, 2.45) is 5.92 Å². The van der Waals surface area contributed by atoms with Gasteiger partial charge >= 0.3 is 0 Å². The standard InChI is InChI=1S/C25H31N3O4.ClH/c1-7-14(2)23(26)25(29)28-20-11-17(8-9-21(20)30-5)19-13-27-32-24(19)18-10-15(3)16(4)22(12-18)31-6;/h8-14,23H,7,26H2,1-6H3,(H,28,29);1H. The number of hydrogen-bond acceptors (Lipinski definition) is 5. The van der Waals surface area contributed by atoms with Gasteiger partial charge in [-0.3, -0.25) is 4.79 Å². The molecule has 1 heterocycles. The van der Waals surface area contributed by atoms with Gasteiger partial charge in [0.15, 0.2) is 11.8 Å². The van der Waals surface area contributed by atoms with E-state index in [0.717, 1.165) is 40.0 Å². The maximum atomic E-state index is 12.7. The van der Waals surface area contributed by atoms with Crippen LogP contribution < -0.4 is 32.9 Å². The van der Waals surface area contributed by atoms with Gasteiger partial charge in [-0.05, 0) is 61.2 Å². The summed E-state index contributed by atoms with van der Waals surface area (Å²) in [7, 11) is 3.23. The van der Waals surface area contributed by atoms with Gasteiger partial charge in [0.05, 0.1) is 26.1 Å². The van der Waals surface area contributed by atoms with E-state index >= 15 is 0 Å². The zero-order valence-electron chi connectivity index (χ0n) is 20.0. The van der Waals surface area contributed by atoms with Crippen LogP contribution in [-0.4, -0.2) is 31.3 Å². The van der Waals surface area contributed by atoms with E-state index in [1.54, 1.807) is 20.4 Å². The summed E-state index contributed by atoms with van der Waals surface area (Å²) in [5.41, 5.74) is 9.30. The summed E-state index contributed by atoms with van der Waals surface area (Å²) in [5.74, 6) is 2.03. The van der Waals surface area contributed by atoms with Crippen LogP contribution >= 0.6 is 0 Å². The number of aromatic nitrogens is 1. The van der Waals surface area contributed by atoms with Crippen LogP contribution in [0.15, 0.2) is 41.1 Å². The third-order valence-electron chi connectivity index (χ3n) is 6.11. The lowest BCUT2D eigenvalue weighted by molar-refractivity contribution is -0.414. The number of anilines is 1. The third-order valence-corrected chi connectivity index (χ3v) is 6.11. The molecule has 0 bridgehead atoms. The second-order valence-corrected chi connectivity index (χ2v) is 8.09. The van der Waals surface area contributed by atoms with E-state index < -0.39 is 0 Å². The van der Waals surface area contributed by atoms with E-state index in [0.29, 0.717) is 17.2 Å². The SMILES string of the molecule is CCC(C)C([NH3+])C(=O)Nc1cc(-c2cnoc2-c2cc(C)c(C)c(OC)c2)ccc1OC.[Cl-]. The number of nitrogens with one attached hydrogen (secondary N) is 1. The van der Waals surface area contributed by atoms with Gasteiger partial charge in [-0.25, -0.2) is 0 Å². The third kappa shape index (κ3) is 5.49. The van der Waals surface area contributed by atoms with Crippen molar-refractivity contribution in [3.8, 4) is 33.9 Å². The summed E-state index contributed by atoms with van der Waals surface area (Å²) in [6.45, 7) is 8.12. The Morgan fingerprint density at radius 1 is 1.12 bits per heavy atom. The number of benzene rings is 2. The molecule has 7 nitrogen and oxygen atoms in total. The second kappa shape index (κ2) is 11.2. The zero-order chi connectivity index (χ0) is 23.4. The molecule has 0 saturated heterocycles. The fraction of sp³-hybridized carbons (Fsp3) is 0.360. The maximum absolute atomic E-state index is 12.7. The van der Waals surface area contributed by atoms with Crippen molar-refractivity contribution in [1.82, 2.24) is 5.16 Å². The van der Waals surface area contributed by atoms with Crippen molar-refractivity contribution >= 4 is 11.6 Å². The van der Waals surface area contributed by atoms with Gasteiger partial charge < -0.3 is 37.5 Å². The van der Waals surface area contributed by atoms with Crippen LogP contribution in [0.4, 0.5) is 5.69 Å². The highest BCUT2D eigenvalue weighted by molar-refractivity contribution is 5.96. The Bertz CT molecular complexity index is 1110. The van der Waals surface area contributed by atoms with Crippen molar-refractivity contribution < 1.29 is 36.9 Å². The lowest BCUT2D eigenvalue weighted by Crippen LogP contribution is -3.00. The number of hydrogen-bond donors (Lipinski definition) is 2. The van der Waals surface area contributed by atoms with Crippen LogP contribution in [0.25, 0.3) is 22.5 Å². The second-order valence-electron chi connectivity index (χ2n) is 8.09. The molecular weight excluding hydrogens is 442 g/mol. The van der Waals surface area contributed by atoms with Gasteiger partial charge in [0.2, 0.25) is 0 Å². The molecule has 178 valence electrons. The van der Waals surface area contributed by atoms with Crippen molar-refractivity contribution in [2.45, 2.75) is 40.2 Å². The molecule has 0 fully saturated rings. The Balaban J connectivity index is 0.00000385. The number of amides is 1. The fourth-order valence-electron chi connectivity index (χ4n) is 3.57. The van der Waals surface area contributed by atoms with E-state index in [1.807, 2.05) is 58.0 Å². The Labute approximate surface area is 201 Å². The number of carbonyl (C=O) groups excluding carboxylic acids is 1. The van der Waals surface area contributed by atoms with Gasteiger partial charge in [-0.1, -0.05) is 25.1 Å². The predicted octanol–water partition coefficient (Wildman–Crippen LogP) is 1.24. The molecule has 4 N–H and O–H groups in total. The Morgan fingerprint density at radius 3 is 2.45 bits per heavy atom. The number of carbonyl (C=O) groups is 1. The first-order valence-electron chi connectivity index (χ1n) is 10.7. The van der Waals surface area contributed by atoms with Gasteiger partial charge in [-0.2, -0.15) is 0 Å². The average Bonchev–Trinajstić information content (AvgIpc) is 3.29. The summed E-state index contributed by atoms with van der Waals surface area (Å²) in [5, 5.41) is 7.01. The minimum Gasteiger partial charge on any atom is -1.00 e. The quantitative estimate of drug-likeness (QED) is 0.512. The largest absolute Gasteiger partial charge is 1.00 e. The first kappa shape index (κ1) is 26.2. The summed E-state index contributed by atoms with van der Waals surface area (Å²) in [6, 6.07) is 9.24. The van der Waals surface area contributed by atoms with Crippen molar-refractivity contribution in [3.05, 3.63) is 47.7 Å². The van der Waals surface area contributed by atoms with Crippen LogP contribution in [0.1, 0.15) is 31.4 Å². The summed E-state index contributed by atoms with van der Waals surface area (Å²) in [6.07, 6.45) is 2.55. The minimum atomic E-state index is -0.359. The first-order valence-corrected chi connectivity index (χ1v) is 10.7. The van der Waals surface area contributed by atoms with Gasteiger partial charge in [0.25, 0.3) is 5.91 Å². The minimum absolute atomic E-state index is 0. The molecule has 0 spiro atoms. The normalized spacial score (nSPS) is 12.5. The number of quaternary nitrogens is 1. The van der Waals surface area contributed by atoms with Gasteiger partial charge in [-0.15, -0.1) is 0 Å². The molecule has 0 saturated carbocycles. The molecule has 2 atom stereocenters. The van der Waals surface area contributed by atoms with E-state index in [9.17, 15) is 4.79 Å². The Hall–Kier alpha value is -3.03. The number of ether oxygens (including phenoxy) is 2. The van der Waals surface area contributed by atoms with Crippen LogP contribution in [0.5, 0.6) is 11.5 Å². The molecule has 2 unspecified atom stereocenters. The fourth-order valence-corrected chi connectivity index (χ4v) is 3.57. The molecule has 1 aromatic heterocycles. The average molecular weight is 474 g/mol. The molecule has 33 heavy (non-hydrogen) atoms. The molecule has 8 heteroatoms. The van der Waals surface area contributed by atoms with E-state index in [2.05, 4.69) is 16.2 Å². The van der Waals surface area contributed by atoms with E-state index in [1.165, 1.54) is 0 Å². The lowest BCUT2D eigenvalue weighted by atomic mass is 9.98. The summed E-state index contributed by atoms with van der Waals surface area (Å²) >= 11 is 0. The van der Waals surface area contributed by atoms with Crippen LogP contribution in [0.3, 0.4) is 0 Å². The number of nitrogens with zero attached hydrogens (tertiary/aromatic N) is 1. The number of halogens is 1. The number of methoxy groups -OCH3 is 2. The highest BCUT2D eigenvalue weighted by Gasteiger charge is 2.25. The molecule has 2 aromatic carbocycles. The van der Waals surface area contributed by atoms with Crippen LogP contribution in [-0.2, 0) is 4.79 Å². The Morgan fingerprint density at radius 2 is 1.82 bits per heavy atom. The summed E-state index contributed by atoms with van der Waals surface area (Å²) < 4.78 is 16.6. The van der Waals surface area contributed by atoms with Crippen molar-refractivity contribution in [2.75, 3.05) is 19.5 Å². The topological polar surface area (TPSA) is 101 Å². The molecule has 3 aromatic rings. The molecule has 0 aliphatic rings. The maximum Gasteiger partial charge on any atom is 0.282 e. The lowest BCUT2D eigenvalue weighted by Gasteiger charge is -2.17. The van der Waals surface area contributed by atoms with Crippen molar-refractivity contribution in [1.29, 1.82) is 0 Å². The van der Waals surface area contributed by atoms with Gasteiger partial charge in [0, 0.05) is 17.0 Å². The Kier molecular flexibility index (Phi) is 8.91. The molecule has 3 rings (SSSR count). The first-order chi connectivity index (χ1) is 15.3. The number of aryl methyl sites for hydroxylation is 1.